The fourth-order valence-electron chi connectivity index (χ4n) is 1.34. The third kappa shape index (κ3) is 2.78. The van der Waals surface area contributed by atoms with Crippen LogP contribution in [0.3, 0.4) is 0 Å². The molecule has 1 aromatic heterocycles. The molecule has 0 amide bonds. The molecular weight excluding hydrogens is 206 g/mol. The van der Waals surface area contributed by atoms with Crippen molar-refractivity contribution < 1.29 is 0 Å². The minimum atomic E-state index is 0.00873. The summed E-state index contributed by atoms with van der Waals surface area (Å²) in [6, 6.07) is 2.52. The Balaban J connectivity index is 2.31. The molecule has 1 aliphatic carbocycles. The molecule has 0 atom stereocenters. The molecule has 1 aliphatic rings. The van der Waals surface area contributed by atoms with Gasteiger partial charge in [-0.15, -0.1) is 0 Å². The third-order valence-electron chi connectivity index (χ3n) is 2.39. The van der Waals surface area contributed by atoms with Crippen LogP contribution in [0.25, 0.3) is 0 Å². The van der Waals surface area contributed by atoms with E-state index in [9.17, 15) is 0 Å². The molecule has 2 N–H and O–H groups in total. The number of rotatable bonds is 2. The molecule has 3 nitrogen and oxygen atoms in total. The van der Waals surface area contributed by atoms with Crippen molar-refractivity contribution in [1.82, 2.24) is 9.97 Å². The number of hydrogen-bond donors (Lipinski definition) is 2. The van der Waals surface area contributed by atoms with Crippen LogP contribution >= 0.6 is 12.2 Å². The molecule has 0 aliphatic heterocycles. The van der Waals surface area contributed by atoms with Gasteiger partial charge >= 0.3 is 0 Å². The van der Waals surface area contributed by atoms with E-state index >= 15 is 0 Å². The van der Waals surface area contributed by atoms with E-state index in [4.69, 9.17) is 12.2 Å². The second kappa shape index (κ2) is 3.59. The Morgan fingerprint density at radius 1 is 1.47 bits per heavy atom. The smallest absolute Gasteiger partial charge is 0.131 e. The molecule has 1 aromatic rings. The molecule has 1 fully saturated rings. The molecule has 0 saturated heterocycles. The van der Waals surface area contributed by atoms with Gasteiger partial charge in [-0.3, -0.25) is 0 Å². The molecule has 0 bridgehead atoms. The zero-order valence-electron chi connectivity index (χ0n) is 9.42. The van der Waals surface area contributed by atoms with Crippen molar-refractivity contribution in [3.63, 3.8) is 0 Å². The lowest BCUT2D eigenvalue weighted by Crippen LogP contribution is -2.17. The predicted molar refractivity (Wildman–Crippen MR) is 64.8 cm³/mol. The Kier molecular flexibility index (Phi) is 2.54. The monoisotopic (exact) mass is 223 g/mol. The van der Waals surface area contributed by atoms with Gasteiger partial charge in [0.25, 0.3) is 0 Å². The first-order chi connectivity index (χ1) is 6.95. The molecule has 0 radical (unpaired) electrons. The summed E-state index contributed by atoms with van der Waals surface area (Å²) in [7, 11) is 0. The molecule has 0 aromatic carbocycles. The second-order valence-corrected chi connectivity index (χ2v) is 5.57. The summed E-state index contributed by atoms with van der Waals surface area (Å²) >= 11 is 5.16. The van der Waals surface area contributed by atoms with Crippen LogP contribution in [-0.2, 0) is 5.41 Å². The number of nitrogens with one attached hydrogen (secondary N) is 2. The fraction of sp³-hybridized carbons (Fsp3) is 0.636. The lowest BCUT2D eigenvalue weighted by molar-refractivity contribution is 0.545. The number of H-pyrrole nitrogens is 1. The van der Waals surface area contributed by atoms with Gasteiger partial charge in [0.05, 0.1) is 0 Å². The standard InChI is InChI=1S/C11H17N3S/c1-11(2,3)10-13-8(6-9(15)14-10)12-7-4-5-7/h6-7H,4-5H2,1-3H3,(H2,12,13,14,15). The summed E-state index contributed by atoms with van der Waals surface area (Å²) in [5.41, 5.74) is 0.00873. The first-order valence-electron chi connectivity index (χ1n) is 5.33. The van der Waals surface area contributed by atoms with Crippen LogP contribution in [0.5, 0.6) is 0 Å². The summed E-state index contributed by atoms with van der Waals surface area (Å²) in [5, 5.41) is 3.41. The number of aromatic nitrogens is 2. The highest BCUT2D eigenvalue weighted by molar-refractivity contribution is 7.71. The maximum absolute atomic E-state index is 5.16. The van der Waals surface area contributed by atoms with E-state index in [0.29, 0.717) is 10.7 Å². The van der Waals surface area contributed by atoms with Crippen molar-refractivity contribution in [3.05, 3.63) is 16.5 Å². The number of aromatic amines is 1. The lowest BCUT2D eigenvalue weighted by atomic mass is 9.96. The SMILES string of the molecule is CC(C)(C)c1nc(=S)cc(NC2CC2)[nH]1. The van der Waals surface area contributed by atoms with Crippen LogP contribution in [0.2, 0.25) is 0 Å². The summed E-state index contributed by atoms with van der Waals surface area (Å²) in [6.45, 7) is 6.38. The van der Waals surface area contributed by atoms with Crippen molar-refractivity contribution in [2.24, 2.45) is 0 Å². The van der Waals surface area contributed by atoms with Gasteiger partial charge in [0.1, 0.15) is 16.3 Å². The van der Waals surface area contributed by atoms with E-state index in [1.54, 1.807) is 0 Å². The molecular formula is C11H17N3S. The normalized spacial score (nSPS) is 16.5. The second-order valence-electron chi connectivity index (χ2n) is 5.15. The van der Waals surface area contributed by atoms with Gasteiger partial charge in [0.15, 0.2) is 0 Å². The summed E-state index contributed by atoms with van der Waals surface area (Å²) < 4.78 is 0.654. The van der Waals surface area contributed by atoms with Gasteiger partial charge in [-0.2, -0.15) is 0 Å². The highest BCUT2D eigenvalue weighted by Crippen LogP contribution is 2.25. The van der Waals surface area contributed by atoms with Crippen LogP contribution in [0, 0.1) is 4.64 Å². The first-order valence-corrected chi connectivity index (χ1v) is 5.74. The van der Waals surface area contributed by atoms with E-state index < -0.39 is 0 Å². The van der Waals surface area contributed by atoms with Gasteiger partial charge in [-0.05, 0) is 12.8 Å². The quantitative estimate of drug-likeness (QED) is 0.757. The van der Waals surface area contributed by atoms with Crippen LogP contribution < -0.4 is 5.32 Å². The highest BCUT2D eigenvalue weighted by atomic mass is 32.1. The molecule has 4 heteroatoms. The molecule has 0 spiro atoms. The predicted octanol–water partition coefficient (Wildman–Crippen LogP) is 3.01. The molecule has 82 valence electrons. The van der Waals surface area contributed by atoms with Gasteiger partial charge in [-0.25, -0.2) is 4.98 Å². The molecule has 1 heterocycles. The molecule has 2 rings (SSSR count). The minimum Gasteiger partial charge on any atom is -0.369 e. The maximum Gasteiger partial charge on any atom is 0.131 e. The Labute approximate surface area is 95.3 Å². The van der Waals surface area contributed by atoms with E-state index in [0.717, 1.165) is 11.6 Å². The molecule has 15 heavy (non-hydrogen) atoms. The van der Waals surface area contributed by atoms with E-state index in [2.05, 4.69) is 36.1 Å². The van der Waals surface area contributed by atoms with Crippen molar-refractivity contribution in [2.45, 2.75) is 45.1 Å². The van der Waals surface area contributed by atoms with Gasteiger partial charge in [-0.1, -0.05) is 33.0 Å². The van der Waals surface area contributed by atoms with Crippen molar-refractivity contribution in [2.75, 3.05) is 5.32 Å². The van der Waals surface area contributed by atoms with Crippen molar-refractivity contribution in [3.8, 4) is 0 Å². The Hall–Kier alpha value is -0.900. The Morgan fingerprint density at radius 2 is 2.13 bits per heavy atom. The Morgan fingerprint density at radius 3 is 2.67 bits per heavy atom. The average molecular weight is 223 g/mol. The first kappa shape index (κ1) is 10.6. The maximum atomic E-state index is 5.16. The zero-order chi connectivity index (χ0) is 11.1. The van der Waals surface area contributed by atoms with E-state index in [1.807, 2.05) is 6.07 Å². The average Bonchev–Trinajstić information content (AvgIpc) is 2.85. The number of anilines is 1. The van der Waals surface area contributed by atoms with E-state index in [1.165, 1.54) is 12.8 Å². The van der Waals surface area contributed by atoms with Gasteiger partial charge < -0.3 is 10.3 Å². The van der Waals surface area contributed by atoms with Crippen molar-refractivity contribution in [1.29, 1.82) is 0 Å². The largest absolute Gasteiger partial charge is 0.369 e. The van der Waals surface area contributed by atoms with E-state index in [-0.39, 0.29) is 5.41 Å². The van der Waals surface area contributed by atoms with Crippen molar-refractivity contribution >= 4 is 18.0 Å². The summed E-state index contributed by atoms with van der Waals surface area (Å²) in [4.78, 5) is 7.66. The van der Waals surface area contributed by atoms with Crippen LogP contribution in [0.4, 0.5) is 5.82 Å². The Bertz CT molecular complexity index is 413. The zero-order valence-corrected chi connectivity index (χ0v) is 10.2. The summed E-state index contributed by atoms with van der Waals surface area (Å²) in [5.74, 6) is 1.94. The fourth-order valence-corrected chi connectivity index (χ4v) is 1.55. The third-order valence-corrected chi connectivity index (χ3v) is 2.60. The lowest BCUT2D eigenvalue weighted by Gasteiger charge is -2.18. The van der Waals surface area contributed by atoms with Crippen LogP contribution in [0.1, 0.15) is 39.4 Å². The number of hydrogen-bond acceptors (Lipinski definition) is 3. The topological polar surface area (TPSA) is 40.7 Å². The minimum absolute atomic E-state index is 0.00873. The molecule has 1 saturated carbocycles. The highest BCUT2D eigenvalue weighted by Gasteiger charge is 2.22. The molecule has 0 unspecified atom stereocenters. The van der Waals surface area contributed by atoms with Crippen LogP contribution in [0.15, 0.2) is 6.07 Å². The summed E-state index contributed by atoms with van der Waals surface area (Å²) in [6.07, 6.45) is 2.52. The van der Waals surface area contributed by atoms with Crippen LogP contribution in [-0.4, -0.2) is 16.0 Å². The van der Waals surface area contributed by atoms with Gasteiger partial charge in [0.2, 0.25) is 0 Å². The number of nitrogens with zero attached hydrogens (tertiary/aromatic N) is 1. The van der Waals surface area contributed by atoms with Gasteiger partial charge in [0, 0.05) is 17.5 Å².